The van der Waals surface area contributed by atoms with Crippen molar-refractivity contribution in [3.8, 4) is 0 Å². The molecule has 1 aromatic rings. The number of rotatable bonds is 3. The molecule has 1 heterocycles. The molecule has 0 saturated heterocycles. The molecule has 2 nitrogen and oxygen atoms in total. The maximum atomic E-state index is 4.40. The summed E-state index contributed by atoms with van der Waals surface area (Å²) in [5.41, 5.74) is 0. The standard InChI is InChI=1S/C12H20N2S/c1-13-11-6-4-2-3-5-10(11)9-12-14-7-8-15-12/h7-8,10-11,13H,2-6,9H2,1H3. The Bertz CT molecular complexity index is 271. The topological polar surface area (TPSA) is 24.9 Å². The lowest BCUT2D eigenvalue weighted by atomic mass is 9.92. The van der Waals surface area contributed by atoms with Crippen LogP contribution >= 0.6 is 11.3 Å². The summed E-state index contributed by atoms with van der Waals surface area (Å²) >= 11 is 1.80. The van der Waals surface area contributed by atoms with Gasteiger partial charge in [0.15, 0.2) is 0 Å². The molecule has 1 N–H and O–H groups in total. The summed E-state index contributed by atoms with van der Waals surface area (Å²) in [6.07, 6.45) is 9.99. The summed E-state index contributed by atoms with van der Waals surface area (Å²) in [4.78, 5) is 4.40. The van der Waals surface area contributed by atoms with Crippen LogP contribution in [0, 0.1) is 5.92 Å². The molecule has 2 atom stereocenters. The first-order valence-electron chi connectivity index (χ1n) is 5.96. The minimum atomic E-state index is 0.705. The molecule has 0 aliphatic heterocycles. The third-order valence-corrected chi connectivity index (χ3v) is 4.25. The number of nitrogens with one attached hydrogen (secondary N) is 1. The molecule has 0 spiro atoms. The molecule has 84 valence electrons. The van der Waals surface area contributed by atoms with E-state index in [1.165, 1.54) is 43.5 Å². The molecule has 1 fully saturated rings. The zero-order valence-corrected chi connectivity index (χ0v) is 10.2. The predicted molar refractivity (Wildman–Crippen MR) is 65.2 cm³/mol. The highest BCUT2D eigenvalue weighted by Gasteiger charge is 2.23. The van der Waals surface area contributed by atoms with Crippen molar-refractivity contribution in [2.75, 3.05) is 7.05 Å². The van der Waals surface area contributed by atoms with Crippen LogP contribution < -0.4 is 5.32 Å². The van der Waals surface area contributed by atoms with Gasteiger partial charge in [-0.1, -0.05) is 19.3 Å². The normalized spacial score (nSPS) is 27.5. The average molecular weight is 224 g/mol. The highest BCUT2D eigenvalue weighted by atomic mass is 32.1. The first kappa shape index (κ1) is 11.1. The van der Waals surface area contributed by atoms with Gasteiger partial charge in [-0.3, -0.25) is 0 Å². The van der Waals surface area contributed by atoms with Gasteiger partial charge in [0, 0.05) is 24.0 Å². The fourth-order valence-corrected chi connectivity index (χ4v) is 3.30. The van der Waals surface area contributed by atoms with Gasteiger partial charge < -0.3 is 5.32 Å². The molecular weight excluding hydrogens is 204 g/mol. The van der Waals surface area contributed by atoms with Crippen LogP contribution in [-0.2, 0) is 6.42 Å². The molecule has 1 aliphatic carbocycles. The van der Waals surface area contributed by atoms with Gasteiger partial charge in [-0.2, -0.15) is 0 Å². The van der Waals surface area contributed by atoms with Gasteiger partial charge in [-0.25, -0.2) is 4.98 Å². The van der Waals surface area contributed by atoms with E-state index < -0.39 is 0 Å². The zero-order chi connectivity index (χ0) is 10.5. The molecule has 0 amide bonds. The van der Waals surface area contributed by atoms with Crippen molar-refractivity contribution in [2.24, 2.45) is 5.92 Å². The Morgan fingerprint density at radius 3 is 3.00 bits per heavy atom. The average Bonchev–Trinajstić information content (AvgIpc) is 2.64. The van der Waals surface area contributed by atoms with E-state index in [0.29, 0.717) is 6.04 Å². The summed E-state index contributed by atoms with van der Waals surface area (Å²) in [6.45, 7) is 0. The molecule has 3 heteroatoms. The third kappa shape index (κ3) is 3.02. The Kier molecular flexibility index (Phi) is 4.15. The van der Waals surface area contributed by atoms with E-state index >= 15 is 0 Å². The lowest BCUT2D eigenvalue weighted by Gasteiger charge is -2.23. The first-order valence-corrected chi connectivity index (χ1v) is 6.83. The maximum Gasteiger partial charge on any atom is 0.0928 e. The molecule has 2 rings (SSSR count). The molecule has 0 bridgehead atoms. The highest BCUT2D eigenvalue weighted by molar-refractivity contribution is 7.09. The second kappa shape index (κ2) is 5.61. The largest absolute Gasteiger partial charge is 0.317 e. The number of aromatic nitrogens is 1. The Balaban J connectivity index is 1.97. The Labute approximate surface area is 96.1 Å². The van der Waals surface area contributed by atoms with E-state index in [9.17, 15) is 0 Å². The van der Waals surface area contributed by atoms with E-state index in [-0.39, 0.29) is 0 Å². The Morgan fingerprint density at radius 2 is 2.27 bits per heavy atom. The second-order valence-corrected chi connectivity index (χ2v) is 5.40. The molecule has 1 aliphatic rings. The van der Waals surface area contributed by atoms with Gasteiger partial charge in [-0.15, -0.1) is 11.3 Å². The van der Waals surface area contributed by atoms with Gasteiger partial charge in [0.05, 0.1) is 5.01 Å². The van der Waals surface area contributed by atoms with E-state index in [1.54, 1.807) is 11.3 Å². The smallest absolute Gasteiger partial charge is 0.0928 e. The molecular formula is C12H20N2S. The first-order chi connectivity index (χ1) is 7.40. The highest BCUT2D eigenvalue weighted by Crippen LogP contribution is 2.26. The van der Waals surface area contributed by atoms with Crippen LogP contribution in [-0.4, -0.2) is 18.1 Å². The van der Waals surface area contributed by atoms with Crippen molar-refractivity contribution in [1.29, 1.82) is 0 Å². The van der Waals surface area contributed by atoms with Crippen LogP contribution in [0.3, 0.4) is 0 Å². The van der Waals surface area contributed by atoms with Crippen LogP contribution in [0.2, 0.25) is 0 Å². The van der Waals surface area contributed by atoms with Gasteiger partial charge >= 0.3 is 0 Å². The van der Waals surface area contributed by atoms with Crippen molar-refractivity contribution < 1.29 is 0 Å². The van der Waals surface area contributed by atoms with Crippen LogP contribution in [0.1, 0.15) is 37.1 Å². The van der Waals surface area contributed by atoms with Crippen molar-refractivity contribution in [3.63, 3.8) is 0 Å². The quantitative estimate of drug-likeness (QED) is 0.799. The fraction of sp³-hybridized carbons (Fsp3) is 0.750. The summed E-state index contributed by atoms with van der Waals surface area (Å²) in [5.74, 6) is 0.795. The van der Waals surface area contributed by atoms with Crippen molar-refractivity contribution >= 4 is 11.3 Å². The predicted octanol–water partition coefficient (Wildman–Crippen LogP) is 2.85. The Morgan fingerprint density at radius 1 is 1.40 bits per heavy atom. The molecule has 0 radical (unpaired) electrons. The van der Waals surface area contributed by atoms with Crippen LogP contribution in [0.15, 0.2) is 11.6 Å². The minimum Gasteiger partial charge on any atom is -0.317 e. The second-order valence-electron chi connectivity index (χ2n) is 4.42. The number of thiazole rings is 1. The summed E-state index contributed by atoms with van der Waals surface area (Å²) in [7, 11) is 2.10. The summed E-state index contributed by atoms with van der Waals surface area (Å²) in [5, 5.41) is 6.87. The molecule has 1 saturated carbocycles. The molecule has 15 heavy (non-hydrogen) atoms. The van der Waals surface area contributed by atoms with Crippen molar-refractivity contribution in [2.45, 2.75) is 44.6 Å². The maximum absolute atomic E-state index is 4.40. The van der Waals surface area contributed by atoms with Crippen LogP contribution in [0.5, 0.6) is 0 Å². The molecule has 2 unspecified atom stereocenters. The van der Waals surface area contributed by atoms with Crippen molar-refractivity contribution in [1.82, 2.24) is 10.3 Å². The van der Waals surface area contributed by atoms with Crippen LogP contribution in [0.4, 0.5) is 0 Å². The monoisotopic (exact) mass is 224 g/mol. The lowest BCUT2D eigenvalue weighted by Crippen LogP contribution is -2.33. The van der Waals surface area contributed by atoms with Crippen molar-refractivity contribution in [3.05, 3.63) is 16.6 Å². The summed E-state index contributed by atoms with van der Waals surface area (Å²) in [6, 6.07) is 0.705. The van der Waals surface area contributed by atoms with Gasteiger partial charge in [0.1, 0.15) is 0 Å². The minimum absolute atomic E-state index is 0.705. The van der Waals surface area contributed by atoms with E-state index in [0.717, 1.165) is 5.92 Å². The molecule has 1 aromatic heterocycles. The van der Waals surface area contributed by atoms with Gasteiger partial charge in [-0.05, 0) is 25.8 Å². The fourth-order valence-electron chi connectivity index (χ4n) is 2.59. The zero-order valence-electron chi connectivity index (χ0n) is 9.41. The number of nitrogens with zero attached hydrogens (tertiary/aromatic N) is 1. The molecule has 0 aromatic carbocycles. The third-order valence-electron chi connectivity index (χ3n) is 3.45. The van der Waals surface area contributed by atoms with E-state index in [1.807, 2.05) is 6.20 Å². The Hall–Kier alpha value is -0.410. The van der Waals surface area contributed by atoms with E-state index in [2.05, 4.69) is 22.7 Å². The summed E-state index contributed by atoms with van der Waals surface area (Å²) < 4.78 is 0. The SMILES string of the molecule is CNC1CCCCCC1Cc1nccs1. The van der Waals surface area contributed by atoms with E-state index in [4.69, 9.17) is 0 Å². The van der Waals surface area contributed by atoms with Gasteiger partial charge in [0.2, 0.25) is 0 Å². The lowest BCUT2D eigenvalue weighted by molar-refractivity contribution is 0.350. The van der Waals surface area contributed by atoms with Gasteiger partial charge in [0.25, 0.3) is 0 Å². The number of hydrogen-bond donors (Lipinski definition) is 1. The number of hydrogen-bond acceptors (Lipinski definition) is 3. The van der Waals surface area contributed by atoms with Crippen LogP contribution in [0.25, 0.3) is 0 Å².